The van der Waals surface area contributed by atoms with Gasteiger partial charge in [-0.2, -0.15) is 0 Å². The molecule has 0 spiro atoms. The Bertz CT molecular complexity index is 508. The maximum Gasteiger partial charge on any atom is 0.261 e. The molecule has 1 aromatic carbocycles. The lowest BCUT2D eigenvalue weighted by atomic mass is 10.0. The summed E-state index contributed by atoms with van der Waals surface area (Å²) in [5, 5.41) is 3.15. The Hall–Kier alpha value is -1.55. The minimum Gasteiger partial charge on any atom is -0.480 e. The van der Waals surface area contributed by atoms with Gasteiger partial charge in [-0.1, -0.05) is 19.1 Å². The third-order valence-corrected chi connectivity index (χ3v) is 4.34. The number of piperidine rings is 1. The summed E-state index contributed by atoms with van der Waals surface area (Å²) in [6.45, 7) is 8.12. The zero-order valence-corrected chi connectivity index (χ0v) is 14.2. The first-order valence-electron chi connectivity index (χ1n) is 8.22. The second-order valence-corrected chi connectivity index (χ2v) is 6.37. The molecule has 0 radical (unpaired) electrons. The topological polar surface area (TPSA) is 41.6 Å². The van der Waals surface area contributed by atoms with Crippen LogP contribution in [0.15, 0.2) is 18.2 Å². The van der Waals surface area contributed by atoms with Crippen LogP contribution in [-0.2, 0) is 4.79 Å². The molecular weight excluding hydrogens is 276 g/mol. The normalized spacial score (nSPS) is 18.0. The number of benzene rings is 1. The Labute approximate surface area is 133 Å². The van der Waals surface area contributed by atoms with Crippen LogP contribution in [0.4, 0.5) is 0 Å². The van der Waals surface area contributed by atoms with Gasteiger partial charge in [0.25, 0.3) is 5.91 Å². The maximum absolute atomic E-state index is 12.5. The zero-order valence-electron chi connectivity index (χ0n) is 14.2. The highest BCUT2D eigenvalue weighted by Gasteiger charge is 2.24. The fourth-order valence-electron chi connectivity index (χ4n) is 2.76. The number of hydrogen-bond acceptors (Lipinski definition) is 3. The van der Waals surface area contributed by atoms with Crippen molar-refractivity contribution in [1.29, 1.82) is 0 Å². The van der Waals surface area contributed by atoms with Gasteiger partial charge in [0.05, 0.1) is 0 Å². The van der Waals surface area contributed by atoms with Gasteiger partial charge in [0.1, 0.15) is 5.75 Å². The van der Waals surface area contributed by atoms with Crippen LogP contribution < -0.4 is 10.1 Å². The number of nitrogens with zero attached hydrogens (tertiary/aromatic N) is 1. The Morgan fingerprint density at radius 1 is 1.36 bits per heavy atom. The Morgan fingerprint density at radius 3 is 2.68 bits per heavy atom. The van der Waals surface area contributed by atoms with Gasteiger partial charge in [0.2, 0.25) is 0 Å². The van der Waals surface area contributed by atoms with Gasteiger partial charge in [-0.25, -0.2) is 0 Å². The summed E-state index contributed by atoms with van der Waals surface area (Å²) >= 11 is 0. The number of carbonyl (C=O) groups excluding carboxylic acids is 1. The van der Waals surface area contributed by atoms with Crippen molar-refractivity contribution in [3.05, 3.63) is 29.3 Å². The number of carbonyl (C=O) groups is 1. The fraction of sp³-hybridized carbons (Fsp3) is 0.611. The van der Waals surface area contributed by atoms with Gasteiger partial charge in [0.15, 0.2) is 6.10 Å². The van der Waals surface area contributed by atoms with Crippen LogP contribution in [-0.4, -0.2) is 43.1 Å². The van der Waals surface area contributed by atoms with Crippen molar-refractivity contribution in [3.63, 3.8) is 0 Å². The van der Waals surface area contributed by atoms with Crippen molar-refractivity contribution in [2.45, 2.75) is 52.2 Å². The molecule has 0 bridgehead atoms. The van der Waals surface area contributed by atoms with Crippen molar-refractivity contribution in [3.8, 4) is 5.75 Å². The minimum atomic E-state index is -0.417. The summed E-state index contributed by atoms with van der Waals surface area (Å²) in [4.78, 5) is 14.8. The van der Waals surface area contributed by atoms with Gasteiger partial charge in [-0.15, -0.1) is 0 Å². The van der Waals surface area contributed by atoms with Gasteiger partial charge < -0.3 is 15.0 Å². The van der Waals surface area contributed by atoms with Gasteiger partial charge >= 0.3 is 0 Å². The SMILES string of the molecule is CC[C@H](Oc1cc(C)ccc1C)C(=O)NC1CCN(C)CC1. The maximum atomic E-state index is 12.5. The number of amides is 1. The molecule has 0 saturated carbocycles. The van der Waals surface area contributed by atoms with Crippen LogP contribution in [0.1, 0.15) is 37.3 Å². The van der Waals surface area contributed by atoms with E-state index in [-0.39, 0.29) is 11.9 Å². The quantitative estimate of drug-likeness (QED) is 0.909. The number of hydrogen-bond donors (Lipinski definition) is 1. The molecule has 4 heteroatoms. The van der Waals surface area contributed by atoms with E-state index in [1.54, 1.807) is 0 Å². The smallest absolute Gasteiger partial charge is 0.261 e. The molecule has 4 nitrogen and oxygen atoms in total. The van der Waals surface area contributed by atoms with Gasteiger partial charge in [-0.05, 0) is 70.4 Å². The summed E-state index contributed by atoms with van der Waals surface area (Å²) in [6.07, 6.45) is 2.29. The number of aryl methyl sites for hydroxylation is 2. The van der Waals surface area contributed by atoms with Crippen LogP contribution in [0.2, 0.25) is 0 Å². The van der Waals surface area contributed by atoms with Crippen molar-refractivity contribution < 1.29 is 9.53 Å². The first-order chi connectivity index (χ1) is 10.5. The molecule has 1 aliphatic rings. The summed E-state index contributed by atoms with van der Waals surface area (Å²) in [5.74, 6) is 0.823. The Morgan fingerprint density at radius 2 is 2.05 bits per heavy atom. The molecule has 0 unspecified atom stereocenters. The van der Waals surface area contributed by atoms with Crippen molar-refractivity contribution in [2.24, 2.45) is 0 Å². The molecule has 0 aliphatic carbocycles. The lowest BCUT2D eigenvalue weighted by Gasteiger charge is -2.30. The molecule has 122 valence electrons. The Balaban J connectivity index is 1.95. The van der Waals surface area contributed by atoms with Crippen LogP contribution in [0.5, 0.6) is 5.75 Å². The molecule has 0 aromatic heterocycles. The van der Waals surface area contributed by atoms with Crippen molar-refractivity contribution in [1.82, 2.24) is 10.2 Å². The second-order valence-electron chi connectivity index (χ2n) is 6.37. The molecule has 1 aliphatic heterocycles. The first-order valence-corrected chi connectivity index (χ1v) is 8.22. The average molecular weight is 304 g/mol. The van der Waals surface area contributed by atoms with E-state index in [0.717, 1.165) is 42.8 Å². The standard InChI is InChI=1S/C18H28N2O2/c1-5-16(22-17-12-13(2)6-7-14(17)3)18(21)19-15-8-10-20(4)11-9-15/h6-7,12,15-16H,5,8-11H2,1-4H3,(H,19,21)/t16-/m0/s1. The third kappa shape index (κ3) is 4.47. The first kappa shape index (κ1) is 16.8. The molecule has 1 atom stereocenters. The van der Waals surface area contributed by atoms with Gasteiger partial charge in [-0.3, -0.25) is 4.79 Å². The van der Waals surface area contributed by atoms with Crippen LogP contribution >= 0.6 is 0 Å². The fourth-order valence-corrected chi connectivity index (χ4v) is 2.76. The average Bonchev–Trinajstić information content (AvgIpc) is 2.50. The number of likely N-dealkylation sites (tertiary alicyclic amines) is 1. The summed E-state index contributed by atoms with van der Waals surface area (Å²) in [5.41, 5.74) is 2.21. The van der Waals surface area contributed by atoms with Crippen LogP contribution in [0.25, 0.3) is 0 Å². The molecule has 1 fully saturated rings. The van der Waals surface area contributed by atoms with Crippen LogP contribution in [0.3, 0.4) is 0 Å². The van der Waals surface area contributed by atoms with Crippen LogP contribution in [0, 0.1) is 13.8 Å². The third-order valence-electron chi connectivity index (χ3n) is 4.34. The van der Waals surface area contributed by atoms with E-state index in [4.69, 9.17) is 4.74 Å². The number of rotatable bonds is 5. The predicted octanol–water partition coefficient (Wildman–Crippen LogP) is 2.67. The molecule has 1 heterocycles. The molecule has 1 N–H and O–H groups in total. The molecule has 1 aromatic rings. The van der Waals surface area contributed by atoms with E-state index in [9.17, 15) is 4.79 Å². The molecule has 1 saturated heterocycles. The molecular formula is C18H28N2O2. The van der Waals surface area contributed by atoms with E-state index in [0.29, 0.717) is 6.42 Å². The van der Waals surface area contributed by atoms with E-state index in [1.807, 2.05) is 32.9 Å². The molecule has 2 rings (SSSR count). The van der Waals surface area contributed by atoms with E-state index >= 15 is 0 Å². The van der Waals surface area contributed by atoms with E-state index < -0.39 is 6.10 Å². The monoisotopic (exact) mass is 304 g/mol. The molecule has 22 heavy (non-hydrogen) atoms. The molecule has 1 amide bonds. The van der Waals surface area contributed by atoms with Gasteiger partial charge in [0, 0.05) is 6.04 Å². The predicted molar refractivity (Wildman–Crippen MR) is 89.3 cm³/mol. The van der Waals surface area contributed by atoms with Crippen molar-refractivity contribution in [2.75, 3.05) is 20.1 Å². The number of nitrogens with one attached hydrogen (secondary N) is 1. The summed E-state index contributed by atoms with van der Waals surface area (Å²) < 4.78 is 5.98. The van der Waals surface area contributed by atoms with E-state index in [1.165, 1.54) is 0 Å². The lowest BCUT2D eigenvalue weighted by molar-refractivity contribution is -0.129. The highest BCUT2D eigenvalue weighted by Crippen LogP contribution is 2.21. The highest BCUT2D eigenvalue weighted by atomic mass is 16.5. The number of ether oxygens (including phenoxy) is 1. The highest BCUT2D eigenvalue weighted by molar-refractivity contribution is 5.81. The zero-order chi connectivity index (χ0) is 16.1. The largest absolute Gasteiger partial charge is 0.480 e. The second kappa shape index (κ2) is 7.63. The Kier molecular flexibility index (Phi) is 5.83. The summed E-state index contributed by atoms with van der Waals surface area (Å²) in [7, 11) is 2.12. The van der Waals surface area contributed by atoms with Crippen molar-refractivity contribution >= 4 is 5.91 Å². The minimum absolute atomic E-state index is 0.0120. The summed E-state index contributed by atoms with van der Waals surface area (Å²) in [6, 6.07) is 6.37. The van der Waals surface area contributed by atoms with E-state index in [2.05, 4.69) is 23.3 Å². The lowest BCUT2D eigenvalue weighted by Crippen LogP contribution is -2.48.